The molecule has 3 fully saturated rings. The number of nitrogens with one attached hydrogen (secondary N) is 2. The molecule has 260 valence electrons. The van der Waals surface area contributed by atoms with Gasteiger partial charge in [0.2, 0.25) is 5.91 Å². The van der Waals surface area contributed by atoms with Crippen LogP contribution in [0.3, 0.4) is 0 Å². The molecule has 2 amide bonds. The molecule has 3 aromatic rings. The first-order valence-corrected chi connectivity index (χ1v) is 18.0. The molecule has 2 heterocycles. The Labute approximate surface area is 288 Å². The summed E-state index contributed by atoms with van der Waals surface area (Å²) in [4.78, 5) is 34.9. The van der Waals surface area contributed by atoms with Crippen LogP contribution in [-0.2, 0) is 11.3 Å². The van der Waals surface area contributed by atoms with Crippen LogP contribution in [0.2, 0.25) is 0 Å². The molecule has 10 heteroatoms. The number of fused-ring (bicyclic) bond motifs is 1. The van der Waals surface area contributed by atoms with Gasteiger partial charge in [-0.05, 0) is 106 Å². The summed E-state index contributed by atoms with van der Waals surface area (Å²) >= 11 is 0. The first-order valence-electron chi connectivity index (χ1n) is 18.0. The third-order valence-electron chi connectivity index (χ3n) is 11.1. The van der Waals surface area contributed by atoms with Crippen LogP contribution >= 0.6 is 0 Å². The summed E-state index contributed by atoms with van der Waals surface area (Å²) in [5, 5.41) is 6.57. The standard InChI is InChI=1S/C39H48F2N6O2/c1-26-39(49)44(2)36-16-13-31(22-37(36)47(26)25-33-34(40)7-4-8-35(33)41)43-30-6-3-5-29(21-30)38(48)42-23-27-11-14-32(15-12-27)46-19-17-45(18-20-46)24-28-9-10-28/h3-8,13,16,21-22,26-28,32,43H,9-12,14-15,17-20,23-25H2,1-2H3,(H,42,48)/t26-,27?,32?/m1/s1. The predicted octanol–water partition coefficient (Wildman–Crippen LogP) is 6.40. The second kappa shape index (κ2) is 14.5. The van der Waals surface area contributed by atoms with E-state index < -0.39 is 17.7 Å². The first-order chi connectivity index (χ1) is 23.7. The minimum absolute atomic E-state index is 0.0831. The molecule has 3 aromatic carbocycles. The fraction of sp³-hybridized carbons (Fsp3) is 0.487. The smallest absolute Gasteiger partial charge is 0.251 e. The highest BCUT2D eigenvalue weighted by atomic mass is 19.1. The second-order valence-corrected chi connectivity index (χ2v) is 14.5. The minimum atomic E-state index is -0.648. The van der Waals surface area contributed by atoms with Gasteiger partial charge in [0, 0.05) is 81.4 Å². The molecular formula is C39H48F2N6O2. The molecule has 7 rings (SSSR count). The zero-order valence-electron chi connectivity index (χ0n) is 28.6. The molecule has 2 saturated carbocycles. The highest BCUT2D eigenvalue weighted by Gasteiger charge is 2.35. The summed E-state index contributed by atoms with van der Waals surface area (Å²) in [7, 11) is 1.71. The monoisotopic (exact) mass is 670 g/mol. The lowest BCUT2D eigenvalue weighted by Gasteiger charge is -2.42. The zero-order chi connectivity index (χ0) is 34.1. The van der Waals surface area contributed by atoms with Crippen LogP contribution in [-0.4, -0.2) is 80.0 Å². The second-order valence-electron chi connectivity index (χ2n) is 14.5. The number of piperazine rings is 1. The fourth-order valence-corrected chi connectivity index (χ4v) is 7.87. The van der Waals surface area contributed by atoms with E-state index in [-0.39, 0.29) is 23.9 Å². The molecule has 0 aromatic heterocycles. The molecule has 8 nitrogen and oxygen atoms in total. The average molecular weight is 671 g/mol. The van der Waals surface area contributed by atoms with Gasteiger partial charge in [0.15, 0.2) is 0 Å². The van der Waals surface area contributed by atoms with E-state index in [1.165, 1.54) is 76.6 Å². The zero-order valence-corrected chi connectivity index (χ0v) is 28.6. The van der Waals surface area contributed by atoms with E-state index >= 15 is 0 Å². The number of hydrogen-bond acceptors (Lipinski definition) is 6. The lowest BCUT2D eigenvalue weighted by molar-refractivity contribution is -0.119. The largest absolute Gasteiger partial charge is 0.355 e. The summed E-state index contributed by atoms with van der Waals surface area (Å²) in [6, 6.07) is 16.8. The quantitative estimate of drug-likeness (QED) is 0.261. The summed E-state index contributed by atoms with van der Waals surface area (Å²) in [5.41, 5.74) is 3.30. The number of carbonyl (C=O) groups is 2. The minimum Gasteiger partial charge on any atom is -0.355 e. The van der Waals surface area contributed by atoms with Gasteiger partial charge in [-0.2, -0.15) is 0 Å². The van der Waals surface area contributed by atoms with Crippen molar-refractivity contribution in [2.45, 2.75) is 64.1 Å². The van der Waals surface area contributed by atoms with Crippen molar-refractivity contribution in [3.05, 3.63) is 83.4 Å². The summed E-state index contributed by atoms with van der Waals surface area (Å²) in [5.74, 6) is -0.0775. The van der Waals surface area contributed by atoms with Gasteiger partial charge < -0.3 is 25.3 Å². The van der Waals surface area contributed by atoms with Crippen LogP contribution in [0.1, 0.15) is 61.4 Å². The third kappa shape index (κ3) is 7.60. The van der Waals surface area contributed by atoms with Crippen molar-refractivity contribution in [1.29, 1.82) is 0 Å². The fourth-order valence-electron chi connectivity index (χ4n) is 7.87. The highest BCUT2D eigenvalue weighted by Crippen LogP contribution is 2.39. The van der Waals surface area contributed by atoms with Crippen molar-refractivity contribution >= 4 is 34.6 Å². The Hall–Kier alpha value is -4.02. The van der Waals surface area contributed by atoms with Crippen LogP contribution in [0.4, 0.5) is 31.5 Å². The summed E-state index contributed by atoms with van der Waals surface area (Å²) in [6.07, 6.45) is 7.55. The Balaban J connectivity index is 0.948. The molecule has 2 aliphatic carbocycles. The molecule has 1 saturated heterocycles. The number of benzene rings is 3. The van der Waals surface area contributed by atoms with E-state index in [0.717, 1.165) is 30.1 Å². The van der Waals surface area contributed by atoms with Crippen molar-refractivity contribution < 1.29 is 18.4 Å². The first kappa shape index (κ1) is 33.5. The van der Waals surface area contributed by atoms with Crippen molar-refractivity contribution in [2.75, 3.05) is 61.4 Å². The number of likely N-dealkylation sites (N-methyl/N-ethyl adjacent to an activating group) is 1. The van der Waals surface area contributed by atoms with E-state index in [1.807, 2.05) is 42.5 Å². The van der Waals surface area contributed by atoms with Crippen LogP contribution in [0.15, 0.2) is 60.7 Å². The predicted molar refractivity (Wildman–Crippen MR) is 190 cm³/mol. The Morgan fingerprint density at radius 1 is 0.816 bits per heavy atom. The maximum absolute atomic E-state index is 14.6. The maximum atomic E-state index is 14.6. The van der Waals surface area contributed by atoms with Crippen LogP contribution in [0.25, 0.3) is 0 Å². The number of anilines is 4. The van der Waals surface area contributed by atoms with Gasteiger partial charge >= 0.3 is 0 Å². The van der Waals surface area contributed by atoms with E-state index in [0.29, 0.717) is 35.4 Å². The molecule has 0 unspecified atom stereocenters. The molecule has 1 atom stereocenters. The lowest BCUT2D eigenvalue weighted by atomic mass is 9.85. The highest BCUT2D eigenvalue weighted by molar-refractivity contribution is 6.05. The topological polar surface area (TPSA) is 71.2 Å². The molecule has 4 aliphatic rings. The van der Waals surface area contributed by atoms with Gasteiger partial charge in [0.05, 0.1) is 11.4 Å². The summed E-state index contributed by atoms with van der Waals surface area (Å²) < 4.78 is 29.3. The molecule has 2 N–H and O–H groups in total. The van der Waals surface area contributed by atoms with Crippen LogP contribution < -0.4 is 20.4 Å². The van der Waals surface area contributed by atoms with Crippen molar-refractivity contribution in [2.24, 2.45) is 11.8 Å². The van der Waals surface area contributed by atoms with E-state index in [1.54, 1.807) is 23.8 Å². The molecule has 0 spiro atoms. The lowest BCUT2D eigenvalue weighted by Crippen LogP contribution is -2.51. The third-order valence-corrected chi connectivity index (χ3v) is 11.1. The summed E-state index contributed by atoms with van der Waals surface area (Å²) in [6.45, 7) is 8.43. The number of carbonyl (C=O) groups excluding carboxylic acids is 2. The average Bonchev–Trinajstić information content (AvgIpc) is 3.94. The Kier molecular flexibility index (Phi) is 9.87. The Morgan fingerprint density at radius 2 is 1.49 bits per heavy atom. The van der Waals surface area contributed by atoms with Crippen molar-refractivity contribution in [3.8, 4) is 0 Å². The molecule has 0 radical (unpaired) electrons. The number of rotatable bonds is 10. The van der Waals surface area contributed by atoms with E-state index in [4.69, 9.17) is 0 Å². The molecule has 0 bridgehead atoms. The van der Waals surface area contributed by atoms with Gasteiger partial charge in [-0.1, -0.05) is 12.1 Å². The van der Waals surface area contributed by atoms with Gasteiger partial charge in [-0.25, -0.2) is 8.78 Å². The van der Waals surface area contributed by atoms with Crippen molar-refractivity contribution in [3.63, 3.8) is 0 Å². The molecule has 2 aliphatic heterocycles. The normalized spacial score (nSPS) is 23.3. The molecular weight excluding hydrogens is 622 g/mol. The Morgan fingerprint density at radius 3 is 2.20 bits per heavy atom. The number of amides is 2. The van der Waals surface area contributed by atoms with E-state index in [2.05, 4.69) is 20.4 Å². The van der Waals surface area contributed by atoms with Gasteiger partial charge in [0.1, 0.15) is 17.7 Å². The van der Waals surface area contributed by atoms with Crippen LogP contribution in [0.5, 0.6) is 0 Å². The maximum Gasteiger partial charge on any atom is 0.251 e. The van der Waals surface area contributed by atoms with Gasteiger partial charge in [-0.3, -0.25) is 14.5 Å². The van der Waals surface area contributed by atoms with Gasteiger partial charge in [0.25, 0.3) is 5.91 Å². The number of hydrogen-bond donors (Lipinski definition) is 2. The number of halogens is 2. The van der Waals surface area contributed by atoms with Crippen LogP contribution in [0, 0.1) is 23.5 Å². The van der Waals surface area contributed by atoms with Gasteiger partial charge in [-0.15, -0.1) is 0 Å². The molecule has 49 heavy (non-hydrogen) atoms. The Bertz CT molecular complexity index is 1640. The van der Waals surface area contributed by atoms with E-state index in [9.17, 15) is 18.4 Å². The number of nitrogens with zero attached hydrogens (tertiary/aromatic N) is 4. The van der Waals surface area contributed by atoms with Crippen molar-refractivity contribution in [1.82, 2.24) is 15.1 Å². The SMILES string of the molecule is C[C@@H]1C(=O)N(C)c2ccc(Nc3cccc(C(=O)NCC4CCC(N5CCN(CC6CC6)CC5)CC4)c3)cc2N1Cc1c(F)cccc1F.